The van der Waals surface area contributed by atoms with Crippen LogP contribution in [0.4, 0.5) is 0 Å². The summed E-state index contributed by atoms with van der Waals surface area (Å²) in [6, 6.07) is -1.53. The molecule has 6 nitrogen and oxygen atoms in total. The Kier molecular flexibility index (Phi) is 6.08. The van der Waals surface area contributed by atoms with Crippen LogP contribution >= 0.6 is 0 Å². The van der Waals surface area contributed by atoms with Crippen LogP contribution in [0.25, 0.3) is 0 Å². The predicted octanol–water partition coefficient (Wildman–Crippen LogP) is 1.48. The first-order chi connectivity index (χ1) is 9.82. The molecule has 1 heterocycles. The van der Waals surface area contributed by atoms with E-state index < -0.39 is 29.9 Å². The number of carboxylic acids is 1. The first kappa shape index (κ1) is 17.4. The number of hydrogen-bond acceptors (Lipinski definition) is 4. The highest BCUT2D eigenvalue weighted by Gasteiger charge is 2.44. The molecule has 2 amide bonds. The van der Waals surface area contributed by atoms with Crippen LogP contribution in [0.2, 0.25) is 0 Å². The summed E-state index contributed by atoms with van der Waals surface area (Å²) in [5.41, 5.74) is 0.673. The molecule has 0 spiro atoms. The van der Waals surface area contributed by atoms with Crippen LogP contribution < -0.4 is 0 Å². The van der Waals surface area contributed by atoms with Gasteiger partial charge in [0.1, 0.15) is 0 Å². The van der Waals surface area contributed by atoms with Crippen molar-refractivity contribution in [1.29, 1.82) is 0 Å². The predicted molar refractivity (Wildman–Crippen MR) is 76.4 cm³/mol. The lowest BCUT2D eigenvalue weighted by Crippen LogP contribution is -2.51. The number of unbranched alkanes of at least 4 members (excludes halogenated alkanes) is 3. The Hall–Kier alpha value is -1.69. The van der Waals surface area contributed by atoms with E-state index in [-0.39, 0.29) is 0 Å². The van der Waals surface area contributed by atoms with Gasteiger partial charge >= 0.3 is 5.97 Å². The van der Waals surface area contributed by atoms with Crippen molar-refractivity contribution < 1.29 is 24.6 Å². The molecule has 6 heteroatoms. The van der Waals surface area contributed by atoms with E-state index in [1.165, 1.54) is 13.8 Å². The van der Waals surface area contributed by atoms with Crippen LogP contribution in [0.5, 0.6) is 0 Å². The molecule has 0 aromatic carbocycles. The van der Waals surface area contributed by atoms with E-state index in [9.17, 15) is 19.5 Å². The molecule has 21 heavy (non-hydrogen) atoms. The third-order valence-electron chi connectivity index (χ3n) is 3.74. The van der Waals surface area contributed by atoms with Gasteiger partial charge in [0.05, 0.1) is 6.10 Å². The van der Waals surface area contributed by atoms with E-state index >= 15 is 0 Å². The number of nitrogens with zero attached hydrogens (tertiary/aromatic N) is 1. The fraction of sp³-hybridized carbons (Fsp3) is 0.667. The topological polar surface area (TPSA) is 94.9 Å². The number of hydrogen-bond donors (Lipinski definition) is 2. The van der Waals surface area contributed by atoms with Gasteiger partial charge in [0.25, 0.3) is 11.8 Å². The summed E-state index contributed by atoms with van der Waals surface area (Å²) in [6.07, 6.45) is 3.04. The molecule has 1 aliphatic rings. The molecule has 0 saturated heterocycles. The number of aliphatic hydroxyl groups excluding tert-OH is 1. The number of aliphatic hydroxyl groups is 1. The molecule has 2 atom stereocenters. The van der Waals surface area contributed by atoms with Gasteiger partial charge in [-0.2, -0.15) is 0 Å². The zero-order valence-corrected chi connectivity index (χ0v) is 12.8. The van der Waals surface area contributed by atoms with E-state index in [1.807, 2.05) is 0 Å². The largest absolute Gasteiger partial charge is 0.480 e. The van der Waals surface area contributed by atoms with Crippen LogP contribution in [0, 0.1) is 0 Å². The van der Waals surface area contributed by atoms with Crippen LogP contribution in [0.15, 0.2) is 11.1 Å². The average Bonchev–Trinajstić information content (AvgIpc) is 2.60. The molecular weight excluding hydrogens is 274 g/mol. The minimum atomic E-state index is -1.53. The maximum Gasteiger partial charge on any atom is 0.329 e. The monoisotopic (exact) mass is 297 g/mol. The number of aliphatic carboxylic acids is 1. The number of carbonyl (C=O) groups excluding carboxylic acids is 2. The molecule has 0 aromatic rings. The molecule has 0 saturated carbocycles. The summed E-state index contributed by atoms with van der Waals surface area (Å²) in [4.78, 5) is 36.3. The van der Waals surface area contributed by atoms with E-state index in [1.54, 1.807) is 0 Å². The van der Waals surface area contributed by atoms with Gasteiger partial charge in [0, 0.05) is 11.1 Å². The second kappa shape index (κ2) is 7.36. The summed E-state index contributed by atoms with van der Waals surface area (Å²) in [5.74, 6) is -2.58. The van der Waals surface area contributed by atoms with E-state index in [0.717, 1.165) is 25.7 Å². The van der Waals surface area contributed by atoms with Crippen molar-refractivity contribution in [3.05, 3.63) is 11.1 Å². The number of rotatable bonds is 8. The van der Waals surface area contributed by atoms with Crippen LogP contribution in [0.1, 0.15) is 52.9 Å². The average molecular weight is 297 g/mol. The molecule has 0 aromatic heterocycles. The van der Waals surface area contributed by atoms with Crippen molar-refractivity contribution in [2.24, 2.45) is 0 Å². The lowest BCUT2D eigenvalue weighted by atomic mass is 10.0. The molecular formula is C15H23NO5. The van der Waals surface area contributed by atoms with Crippen LogP contribution in [-0.2, 0) is 14.4 Å². The molecule has 2 N–H and O–H groups in total. The van der Waals surface area contributed by atoms with Crippen molar-refractivity contribution in [2.45, 2.75) is 65.0 Å². The maximum atomic E-state index is 12.3. The van der Waals surface area contributed by atoms with Crippen molar-refractivity contribution >= 4 is 17.8 Å². The smallest absolute Gasteiger partial charge is 0.329 e. The van der Waals surface area contributed by atoms with Crippen molar-refractivity contribution in [3.8, 4) is 0 Å². The van der Waals surface area contributed by atoms with Crippen molar-refractivity contribution in [3.63, 3.8) is 0 Å². The molecule has 0 bridgehead atoms. The van der Waals surface area contributed by atoms with Gasteiger partial charge in [-0.1, -0.05) is 26.2 Å². The van der Waals surface area contributed by atoms with E-state index in [0.29, 0.717) is 22.5 Å². The third-order valence-corrected chi connectivity index (χ3v) is 3.74. The van der Waals surface area contributed by atoms with Gasteiger partial charge in [0.2, 0.25) is 0 Å². The summed E-state index contributed by atoms with van der Waals surface area (Å²) in [5, 5.41) is 18.7. The molecule has 118 valence electrons. The second-order valence-corrected chi connectivity index (χ2v) is 5.42. The molecule has 1 rings (SSSR count). The zero-order chi connectivity index (χ0) is 16.2. The Morgan fingerprint density at radius 1 is 1.19 bits per heavy atom. The maximum absolute atomic E-state index is 12.3. The Balaban J connectivity index is 2.88. The number of carbonyl (C=O) groups is 3. The fourth-order valence-electron chi connectivity index (χ4n) is 2.52. The molecule has 0 aliphatic carbocycles. The fourth-order valence-corrected chi connectivity index (χ4v) is 2.52. The van der Waals surface area contributed by atoms with Gasteiger partial charge in [-0.25, -0.2) is 4.79 Å². The quantitative estimate of drug-likeness (QED) is 0.522. The first-order valence-electron chi connectivity index (χ1n) is 7.31. The Morgan fingerprint density at radius 3 is 2.29 bits per heavy atom. The summed E-state index contributed by atoms with van der Waals surface area (Å²) >= 11 is 0. The van der Waals surface area contributed by atoms with Gasteiger partial charge in [0.15, 0.2) is 6.04 Å². The summed E-state index contributed by atoms with van der Waals surface area (Å²) in [7, 11) is 0. The van der Waals surface area contributed by atoms with Gasteiger partial charge in [-0.15, -0.1) is 0 Å². The lowest BCUT2D eigenvalue weighted by molar-refractivity contribution is -0.158. The highest BCUT2D eigenvalue weighted by molar-refractivity contribution is 6.20. The summed E-state index contributed by atoms with van der Waals surface area (Å²) in [6.45, 7) is 4.88. The SMILES string of the molecule is CCCCCCC1=C(C)C(=O)N([C@@H](C(=O)O)[C@H](C)O)C1=O. The third kappa shape index (κ3) is 3.69. The number of amides is 2. The molecule has 0 unspecified atom stereocenters. The number of carboxylic acid groups (broad SMARTS) is 1. The van der Waals surface area contributed by atoms with Crippen LogP contribution in [0.3, 0.4) is 0 Å². The van der Waals surface area contributed by atoms with Gasteiger partial charge in [-0.3, -0.25) is 14.5 Å². The molecule has 0 radical (unpaired) electrons. The zero-order valence-electron chi connectivity index (χ0n) is 12.8. The Bertz CT molecular complexity index is 467. The van der Waals surface area contributed by atoms with Gasteiger partial charge in [-0.05, 0) is 26.7 Å². The van der Waals surface area contributed by atoms with Crippen molar-refractivity contribution in [1.82, 2.24) is 4.90 Å². The highest BCUT2D eigenvalue weighted by atomic mass is 16.4. The Morgan fingerprint density at radius 2 is 1.81 bits per heavy atom. The molecule has 1 aliphatic heterocycles. The first-order valence-corrected chi connectivity index (χ1v) is 7.31. The van der Waals surface area contributed by atoms with E-state index in [2.05, 4.69) is 6.92 Å². The van der Waals surface area contributed by atoms with E-state index in [4.69, 9.17) is 5.11 Å². The lowest BCUT2D eigenvalue weighted by Gasteiger charge is -2.25. The standard InChI is InChI=1S/C15H23NO5/c1-4-5-6-7-8-11-9(2)13(18)16(14(11)19)12(10(3)17)15(20)21/h10,12,17H,4-8H2,1-3H3,(H,20,21)/t10-,12+/m0/s1. The Labute approximate surface area is 124 Å². The van der Waals surface area contributed by atoms with Crippen molar-refractivity contribution in [2.75, 3.05) is 0 Å². The minimum Gasteiger partial charge on any atom is -0.480 e. The van der Waals surface area contributed by atoms with Gasteiger partial charge < -0.3 is 10.2 Å². The minimum absolute atomic E-state index is 0.295. The summed E-state index contributed by atoms with van der Waals surface area (Å²) < 4.78 is 0. The molecule has 0 fully saturated rings. The number of imide groups is 1. The second-order valence-electron chi connectivity index (χ2n) is 5.42. The normalized spacial score (nSPS) is 18.4. The van der Waals surface area contributed by atoms with Crippen LogP contribution in [-0.4, -0.2) is 45.0 Å². The highest BCUT2D eigenvalue weighted by Crippen LogP contribution is 2.27.